The highest BCUT2D eigenvalue weighted by Crippen LogP contribution is 2.22. The fourth-order valence-corrected chi connectivity index (χ4v) is 6.15. The topological polar surface area (TPSA) is 154 Å². The number of amidine groups is 1. The Morgan fingerprint density at radius 2 is 1.84 bits per heavy atom. The van der Waals surface area contributed by atoms with Crippen LogP contribution >= 0.6 is 0 Å². The van der Waals surface area contributed by atoms with Crippen LogP contribution in [0.3, 0.4) is 0 Å². The summed E-state index contributed by atoms with van der Waals surface area (Å²) >= 11 is 0. The molecular formula is C37H45N7O5. The van der Waals surface area contributed by atoms with Gasteiger partial charge in [-0.3, -0.25) is 24.2 Å². The quantitative estimate of drug-likeness (QED) is 0.230. The van der Waals surface area contributed by atoms with Gasteiger partial charge in [0.25, 0.3) is 0 Å². The number of likely N-dealkylation sites (N-methyl/N-ethyl adjacent to an activating group) is 1. The summed E-state index contributed by atoms with van der Waals surface area (Å²) in [6, 6.07) is 16.4. The number of rotatable bonds is 12. The van der Waals surface area contributed by atoms with E-state index in [0.29, 0.717) is 57.0 Å². The van der Waals surface area contributed by atoms with Crippen molar-refractivity contribution >= 4 is 40.2 Å². The van der Waals surface area contributed by atoms with E-state index in [4.69, 9.17) is 4.74 Å². The molecule has 258 valence electrons. The van der Waals surface area contributed by atoms with Crippen LogP contribution in [0.1, 0.15) is 43.7 Å². The molecule has 0 spiro atoms. The zero-order valence-electron chi connectivity index (χ0n) is 28.2. The molecule has 3 heterocycles. The number of carbonyl (C=O) groups excluding carboxylic acids is 4. The van der Waals surface area contributed by atoms with E-state index in [1.165, 1.54) is 0 Å². The summed E-state index contributed by atoms with van der Waals surface area (Å²) in [6.45, 7) is 7.20. The van der Waals surface area contributed by atoms with Gasteiger partial charge in [0, 0.05) is 70.6 Å². The molecule has 2 aliphatic rings. The van der Waals surface area contributed by atoms with Gasteiger partial charge in [0.05, 0.1) is 19.0 Å². The number of hydrogen-bond donors (Lipinski definition) is 4. The lowest BCUT2D eigenvalue weighted by Crippen LogP contribution is -2.61. The average molecular weight is 668 g/mol. The lowest BCUT2D eigenvalue weighted by molar-refractivity contribution is -0.137. The molecule has 0 bridgehead atoms. The second-order valence-electron chi connectivity index (χ2n) is 12.6. The van der Waals surface area contributed by atoms with Crippen molar-refractivity contribution in [2.45, 2.75) is 63.1 Å². The maximum atomic E-state index is 13.6. The lowest BCUT2D eigenvalue weighted by Gasteiger charge is -2.36. The molecule has 1 aromatic heterocycles. The first-order valence-electron chi connectivity index (χ1n) is 16.8. The normalized spacial score (nSPS) is 20.2. The van der Waals surface area contributed by atoms with Crippen molar-refractivity contribution in [3.63, 3.8) is 0 Å². The van der Waals surface area contributed by atoms with Crippen LogP contribution in [0, 0.1) is 0 Å². The summed E-state index contributed by atoms with van der Waals surface area (Å²) in [5, 5.41) is 14.2. The van der Waals surface area contributed by atoms with Gasteiger partial charge in [-0.2, -0.15) is 4.99 Å². The number of ether oxygens (including phenoxy) is 1. The van der Waals surface area contributed by atoms with E-state index in [9.17, 15) is 19.2 Å². The third kappa shape index (κ3) is 9.29. The number of aryl methyl sites for hydroxylation is 1. The van der Waals surface area contributed by atoms with E-state index in [0.717, 1.165) is 21.9 Å². The summed E-state index contributed by atoms with van der Waals surface area (Å²) in [5.74, 6) is -0.921. The SMILES string of the molecule is C=C(CNC(=O)C1(NC(=O)CCc2ccc3ccccc3c2)CCOCC1)NC1CC(=O)/N=C(/N(C)CC)[C@H](Cc2cccnc2)NC1=O. The van der Waals surface area contributed by atoms with Gasteiger partial charge in [-0.1, -0.05) is 55.1 Å². The first-order chi connectivity index (χ1) is 23.7. The Kier molecular flexibility index (Phi) is 11.7. The van der Waals surface area contributed by atoms with Gasteiger partial charge in [-0.15, -0.1) is 0 Å². The molecule has 5 rings (SSSR count). The van der Waals surface area contributed by atoms with E-state index < -0.39 is 23.5 Å². The Bertz CT molecular complexity index is 1700. The summed E-state index contributed by atoms with van der Waals surface area (Å²) < 4.78 is 5.52. The minimum atomic E-state index is -1.14. The first-order valence-corrected chi connectivity index (χ1v) is 16.8. The number of aromatic nitrogens is 1. The number of benzene rings is 2. The van der Waals surface area contributed by atoms with Crippen LogP contribution in [0.2, 0.25) is 0 Å². The van der Waals surface area contributed by atoms with Gasteiger partial charge in [-0.25, -0.2) is 0 Å². The van der Waals surface area contributed by atoms with Crippen molar-refractivity contribution in [1.82, 2.24) is 31.2 Å². The molecule has 1 unspecified atom stereocenters. The third-order valence-electron chi connectivity index (χ3n) is 9.05. The van der Waals surface area contributed by atoms with Gasteiger partial charge >= 0.3 is 0 Å². The van der Waals surface area contributed by atoms with Gasteiger partial charge in [-0.05, 0) is 41.3 Å². The minimum Gasteiger partial charge on any atom is -0.381 e. The van der Waals surface area contributed by atoms with Crippen molar-refractivity contribution in [3.8, 4) is 0 Å². The fraction of sp³-hybridized carbons (Fsp3) is 0.405. The van der Waals surface area contributed by atoms with Gasteiger partial charge < -0.3 is 30.9 Å². The molecule has 49 heavy (non-hydrogen) atoms. The smallest absolute Gasteiger partial charge is 0.250 e. The van der Waals surface area contributed by atoms with Crippen molar-refractivity contribution in [3.05, 3.63) is 90.4 Å². The highest BCUT2D eigenvalue weighted by atomic mass is 16.5. The van der Waals surface area contributed by atoms with Crippen LogP contribution in [-0.4, -0.2) is 90.3 Å². The number of nitrogens with one attached hydrogen (secondary N) is 4. The van der Waals surface area contributed by atoms with E-state index in [1.807, 2.05) is 67.4 Å². The Balaban J connectivity index is 1.18. The van der Waals surface area contributed by atoms with Crippen LogP contribution in [0.4, 0.5) is 0 Å². The molecule has 4 N–H and O–H groups in total. The molecule has 2 aliphatic heterocycles. The molecule has 1 fully saturated rings. The Hall–Kier alpha value is -5.10. The third-order valence-corrected chi connectivity index (χ3v) is 9.05. The van der Waals surface area contributed by atoms with Crippen molar-refractivity contribution in [2.75, 3.05) is 33.4 Å². The van der Waals surface area contributed by atoms with Gasteiger partial charge in [0.2, 0.25) is 23.6 Å². The summed E-state index contributed by atoms with van der Waals surface area (Å²) in [7, 11) is 1.83. The maximum Gasteiger partial charge on any atom is 0.250 e. The molecule has 1 saturated heterocycles. The maximum absolute atomic E-state index is 13.6. The number of amides is 4. The Morgan fingerprint density at radius 1 is 1.06 bits per heavy atom. The van der Waals surface area contributed by atoms with Gasteiger partial charge in [0.15, 0.2) is 0 Å². The minimum absolute atomic E-state index is 0.0153. The second-order valence-corrected chi connectivity index (χ2v) is 12.6. The molecule has 0 radical (unpaired) electrons. The van der Waals surface area contributed by atoms with Crippen LogP contribution in [0.25, 0.3) is 10.8 Å². The molecule has 2 atom stereocenters. The first kappa shape index (κ1) is 35.2. The second kappa shape index (κ2) is 16.3. The number of fused-ring (bicyclic) bond motifs is 1. The highest BCUT2D eigenvalue weighted by Gasteiger charge is 2.41. The number of pyridine rings is 1. The predicted molar refractivity (Wildman–Crippen MR) is 188 cm³/mol. The van der Waals surface area contributed by atoms with E-state index in [-0.39, 0.29) is 37.1 Å². The summed E-state index contributed by atoms with van der Waals surface area (Å²) in [5.41, 5.74) is 1.13. The summed E-state index contributed by atoms with van der Waals surface area (Å²) in [4.78, 5) is 63.7. The number of nitrogens with zero attached hydrogens (tertiary/aromatic N) is 3. The number of aliphatic imine (C=N–C) groups is 1. The van der Waals surface area contributed by atoms with Crippen molar-refractivity contribution < 1.29 is 23.9 Å². The standard InChI is InChI=1S/C37H45N7O5/c1-4-44(3)34-30(21-27-8-7-17-38-24-27)41-35(47)31(22-33(46)42-34)40-25(2)23-39-36(48)37(15-18-49-19-16-37)43-32(45)14-12-26-11-13-28-9-5-6-10-29(28)20-26/h5-11,13,17,20,24,30-31,40H,2,4,12,14-16,18-19,21-23H2,1,3H3,(H,39,48)(H,41,47)(H,43,45)/b42-34+/t30-,31?/m0/s1. The number of hydrogen-bond acceptors (Lipinski definition) is 8. The zero-order valence-corrected chi connectivity index (χ0v) is 28.2. The number of carbonyl (C=O) groups is 4. The van der Waals surface area contributed by atoms with E-state index in [1.54, 1.807) is 12.4 Å². The predicted octanol–water partition coefficient (Wildman–Crippen LogP) is 2.43. The van der Waals surface area contributed by atoms with Crippen LogP contribution in [-0.2, 0) is 36.8 Å². The molecule has 0 aliphatic carbocycles. The average Bonchev–Trinajstić information content (AvgIpc) is 3.11. The molecule has 2 aromatic carbocycles. The molecular weight excluding hydrogens is 622 g/mol. The Morgan fingerprint density at radius 3 is 2.57 bits per heavy atom. The molecule has 12 heteroatoms. The lowest BCUT2D eigenvalue weighted by atomic mass is 9.88. The van der Waals surface area contributed by atoms with Crippen LogP contribution in [0.5, 0.6) is 0 Å². The molecule has 4 amide bonds. The molecule has 0 saturated carbocycles. The highest BCUT2D eigenvalue weighted by molar-refractivity contribution is 6.03. The molecule has 3 aromatic rings. The van der Waals surface area contributed by atoms with Gasteiger partial charge in [0.1, 0.15) is 17.4 Å². The van der Waals surface area contributed by atoms with E-state index in [2.05, 4.69) is 43.9 Å². The Labute approximate surface area is 286 Å². The molecule has 12 nitrogen and oxygen atoms in total. The zero-order chi connectivity index (χ0) is 34.8. The van der Waals surface area contributed by atoms with E-state index >= 15 is 0 Å². The largest absolute Gasteiger partial charge is 0.381 e. The van der Waals surface area contributed by atoms with Crippen molar-refractivity contribution in [2.24, 2.45) is 4.99 Å². The summed E-state index contributed by atoms with van der Waals surface area (Å²) in [6.07, 6.45) is 5.02. The van der Waals surface area contributed by atoms with Crippen LogP contribution < -0.4 is 21.3 Å². The van der Waals surface area contributed by atoms with Crippen LogP contribution in [0.15, 0.2) is 84.3 Å². The van der Waals surface area contributed by atoms with Crippen molar-refractivity contribution in [1.29, 1.82) is 0 Å². The fourth-order valence-electron chi connectivity index (χ4n) is 6.15. The monoisotopic (exact) mass is 667 g/mol.